The number of hydrogen-bond acceptors (Lipinski definition) is 2. The number of anilines is 1. The molecule has 0 aliphatic rings. The second-order valence-corrected chi connectivity index (χ2v) is 6.41. The van der Waals surface area contributed by atoms with Crippen LogP contribution in [-0.4, -0.2) is 12.2 Å². The zero-order valence-electron chi connectivity index (χ0n) is 15.4. The van der Waals surface area contributed by atoms with Crippen LogP contribution in [0.5, 0.6) is 0 Å². The second-order valence-electron chi connectivity index (χ2n) is 6.41. The normalized spacial score (nSPS) is 10.9. The molecule has 0 radical (unpaired) electrons. The summed E-state index contributed by atoms with van der Waals surface area (Å²) in [7, 11) is 0. The van der Waals surface area contributed by atoms with Crippen LogP contribution in [0.4, 0.5) is 11.4 Å². The number of rotatable bonds is 4. The first-order chi connectivity index (χ1) is 12.6. The van der Waals surface area contributed by atoms with E-state index in [0.717, 1.165) is 28.1 Å². The molecule has 0 aromatic heterocycles. The summed E-state index contributed by atoms with van der Waals surface area (Å²) in [5, 5.41) is 8.67. The van der Waals surface area contributed by atoms with E-state index in [-0.39, 0.29) is 0 Å². The first kappa shape index (κ1) is 17.6. The van der Waals surface area contributed by atoms with Gasteiger partial charge >= 0.3 is 0 Å². The van der Waals surface area contributed by atoms with Crippen LogP contribution in [0, 0.1) is 26.2 Å². The number of benzene rings is 3. The first-order valence-electron chi connectivity index (χ1n) is 8.66. The summed E-state index contributed by atoms with van der Waals surface area (Å²) in [5.74, 6) is 0.392. The minimum absolute atomic E-state index is 0.392. The van der Waals surface area contributed by atoms with Crippen molar-refractivity contribution in [2.24, 2.45) is 4.99 Å². The smallest absolute Gasteiger partial charge is 0.137 e. The number of para-hydroxylation sites is 1. The Morgan fingerprint density at radius 1 is 0.846 bits per heavy atom. The molecule has 1 N–H and O–H groups in total. The maximum absolute atomic E-state index is 8.67. The van der Waals surface area contributed by atoms with Gasteiger partial charge in [0.1, 0.15) is 12.2 Å². The lowest BCUT2D eigenvalue weighted by Gasteiger charge is -2.21. The Hall–Kier alpha value is -3.20. The summed E-state index contributed by atoms with van der Waals surface area (Å²) in [6, 6.07) is 23.9. The van der Waals surface area contributed by atoms with E-state index < -0.39 is 0 Å². The highest BCUT2D eigenvalue weighted by molar-refractivity contribution is 6.18. The molecule has 0 aliphatic heterocycles. The third kappa shape index (κ3) is 3.89. The second kappa shape index (κ2) is 7.79. The number of hydrogen-bond donors (Lipinski definition) is 1. The fraction of sp³-hybridized carbons (Fsp3) is 0.130. The van der Waals surface area contributed by atoms with Crippen molar-refractivity contribution >= 4 is 23.5 Å². The van der Waals surface area contributed by atoms with Crippen LogP contribution < -0.4 is 4.90 Å². The summed E-state index contributed by atoms with van der Waals surface area (Å²) in [5.41, 5.74) is 6.22. The van der Waals surface area contributed by atoms with E-state index in [1.54, 1.807) is 6.34 Å². The molecule has 3 rings (SSSR count). The first-order valence-corrected chi connectivity index (χ1v) is 8.66. The van der Waals surface area contributed by atoms with Crippen LogP contribution in [0.3, 0.4) is 0 Å². The van der Waals surface area contributed by atoms with Crippen molar-refractivity contribution in [1.82, 2.24) is 0 Å². The SMILES string of the molecule is Cc1cc(C)c(N=CN(C(=N)c2ccccc2)c2ccccc2)c(C)c1. The Bertz CT molecular complexity index is 905. The summed E-state index contributed by atoms with van der Waals surface area (Å²) >= 11 is 0. The van der Waals surface area contributed by atoms with E-state index in [0.29, 0.717) is 5.84 Å². The van der Waals surface area contributed by atoms with Gasteiger partial charge in [0.15, 0.2) is 0 Å². The average molecular weight is 341 g/mol. The molecular formula is C23H23N3. The standard InChI is InChI=1S/C23H23N3/c1-17-14-18(2)22(19(3)15-17)25-16-26(21-12-8-5-9-13-21)23(24)20-10-6-4-7-11-20/h4-16,24H,1-3H3. The zero-order valence-corrected chi connectivity index (χ0v) is 15.4. The van der Waals surface area contributed by atoms with Gasteiger partial charge in [-0.3, -0.25) is 10.3 Å². The van der Waals surface area contributed by atoms with Crippen LogP contribution in [0.15, 0.2) is 77.8 Å². The van der Waals surface area contributed by atoms with Crippen molar-refractivity contribution in [3.8, 4) is 0 Å². The molecule has 0 saturated carbocycles. The number of aliphatic imine (C=N–C) groups is 1. The lowest BCUT2D eigenvalue weighted by atomic mass is 10.1. The predicted molar refractivity (Wildman–Crippen MR) is 111 cm³/mol. The molecule has 0 saturated heterocycles. The van der Waals surface area contributed by atoms with Gasteiger partial charge in [-0.25, -0.2) is 4.99 Å². The molecule has 0 heterocycles. The van der Waals surface area contributed by atoms with Gasteiger partial charge in [0.2, 0.25) is 0 Å². The van der Waals surface area contributed by atoms with Crippen LogP contribution in [0.2, 0.25) is 0 Å². The van der Waals surface area contributed by atoms with Crippen LogP contribution >= 0.6 is 0 Å². The lowest BCUT2D eigenvalue weighted by Crippen LogP contribution is -2.29. The Kier molecular flexibility index (Phi) is 5.28. The molecule has 26 heavy (non-hydrogen) atoms. The van der Waals surface area contributed by atoms with Crippen molar-refractivity contribution in [1.29, 1.82) is 5.41 Å². The molecule has 0 unspecified atom stereocenters. The van der Waals surface area contributed by atoms with Crippen molar-refractivity contribution < 1.29 is 0 Å². The minimum atomic E-state index is 0.392. The molecule has 0 aliphatic carbocycles. The Labute approximate surface area is 155 Å². The van der Waals surface area contributed by atoms with Gasteiger partial charge in [-0.05, 0) is 44.0 Å². The predicted octanol–water partition coefficient (Wildman–Crippen LogP) is 5.80. The summed E-state index contributed by atoms with van der Waals surface area (Å²) in [4.78, 5) is 6.54. The van der Waals surface area contributed by atoms with E-state index in [4.69, 9.17) is 10.4 Å². The molecule has 3 aromatic rings. The third-order valence-corrected chi connectivity index (χ3v) is 4.26. The Morgan fingerprint density at radius 2 is 1.38 bits per heavy atom. The van der Waals surface area contributed by atoms with Gasteiger partial charge < -0.3 is 0 Å². The van der Waals surface area contributed by atoms with Crippen molar-refractivity contribution in [3.63, 3.8) is 0 Å². The van der Waals surface area contributed by atoms with E-state index in [1.807, 2.05) is 65.6 Å². The van der Waals surface area contributed by atoms with Gasteiger partial charge in [0.05, 0.1) is 5.69 Å². The summed E-state index contributed by atoms with van der Waals surface area (Å²) < 4.78 is 0. The van der Waals surface area contributed by atoms with E-state index in [1.165, 1.54) is 5.56 Å². The molecule has 3 nitrogen and oxygen atoms in total. The summed E-state index contributed by atoms with van der Waals surface area (Å²) in [6.07, 6.45) is 1.75. The van der Waals surface area contributed by atoms with Crippen LogP contribution in [0.1, 0.15) is 22.3 Å². The quantitative estimate of drug-likeness (QED) is 0.472. The highest BCUT2D eigenvalue weighted by Gasteiger charge is 2.12. The van der Waals surface area contributed by atoms with Gasteiger partial charge in [0, 0.05) is 11.3 Å². The molecule has 0 spiro atoms. The van der Waals surface area contributed by atoms with E-state index >= 15 is 0 Å². The van der Waals surface area contributed by atoms with Crippen molar-refractivity contribution in [2.75, 3.05) is 4.90 Å². The number of nitrogens with zero attached hydrogens (tertiary/aromatic N) is 2. The molecule has 130 valence electrons. The number of amidine groups is 1. The minimum Gasteiger partial charge on any atom is -0.285 e. The van der Waals surface area contributed by atoms with Crippen LogP contribution in [-0.2, 0) is 0 Å². The molecule has 0 amide bonds. The van der Waals surface area contributed by atoms with Gasteiger partial charge in [-0.15, -0.1) is 0 Å². The molecule has 0 fully saturated rings. The fourth-order valence-electron chi connectivity index (χ4n) is 3.07. The zero-order chi connectivity index (χ0) is 18.5. The highest BCUT2D eigenvalue weighted by Crippen LogP contribution is 2.25. The van der Waals surface area contributed by atoms with Crippen molar-refractivity contribution in [2.45, 2.75) is 20.8 Å². The van der Waals surface area contributed by atoms with E-state index in [9.17, 15) is 0 Å². The Balaban J connectivity index is 2.01. The van der Waals surface area contributed by atoms with Gasteiger partial charge in [-0.1, -0.05) is 66.2 Å². The molecule has 0 atom stereocenters. The maximum Gasteiger partial charge on any atom is 0.137 e. The fourth-order valence-corrected chi connectivity index (χ4v) is 3.07. The lowest BCUT2D eigenvalue weighted by molar-refractivity contribution is 1.27. The largest absolute Gasteiger partial charge is 0.285 e. The highest BCUT2D eigenvalue weighted by atomic mass is 15.2. The molecular weight excluding hydrogens is 318 g/mol. The molecule has 3 aromatic carbocycles. The monoisotopic (exact) mass is 341 g/mol. The van der Waals surface area contributed by atoms with Crippen LogP contribution in [0.25, 0.3) is 0 Å². The van der Waals surface area contributed by atoms with Gasteiger partial charge in [-0.2, -0.15) is 0 Å². The van der Waals surface area contributed by atoms with E-state index in [2.05, 4.69) is 32.9 Å². The third-order valence-electron chi connectivity index (χ3n) is 4.26. The molecule has 0 bridgehead atoms. The Morgan fingerprint density at radius 3 is 1.96 bits per heavy atom. The average Bonchev–Trinajstić information content (AvgIpc) is 2.65. The number of nitrogens with one attached hydrogen (secondary N) is 1. The van der Waals surface area contributed by atoms with Gasteiger partial charge in [0.25, 0.3) is 0 Å². The maximum atomic E-state index is 8.67. The molecule has 3 heteroatoms. The van der Waals surface area contributed by atoms with Crippen molar-refractivity contribution in [3.05, 3.63) is 95.1 Å². The number of aryl methyl sites for hydroxylation is 3. The topological polar surface area (TPSA) is 39.5 Å². The summed E-state index contributed by atoms with van der Waals surface area (Å²) in [6.45, 7) is 6.24.